The smallest absolute Gasteiger partial charge is 0.305 e. The number of ether oxygens (including phenoxy) is 1. The number of H-pyrrole nitrogens is 1. The van der Waals surface area contributed by atoms with Gasteiger partial charge in [0, 0.05) is 23.0 Å². The minimum absolute atomic E-state index is 0.235. The number of anilines is 2. The number of rotatable bonds is 6. The second-order valence-electron chi connectivity index (χ2n) is 7.52. The summed E-state index contributed by atoms with van der Waals surface area (Å²) in [5.41, 5.74) is 18.8. The highest BCUT2D eigenvalue weighted by molar-refractivity contribution is 5.94. The van der Waals surface area contributed by atoms with Crippen LogP contribution in [-0.4, -0.2) is 18.1 Å². The first kappa shape index (κ1) is 20.5. The van der Waals surface area contributed by atoms with Crippen LogP contribution in [0, 0.1) is 5.82 Å². The van der Waals surface area contributed by atoms with Crippen LogP contribution in [0.1, 0.15) is 18.4 Å². The molecule has 0 saturated heterocycles. The van der Waals surface area contributed by atoms with Crippen LogP contribution in [0.3, 0.4) is 0 Å². The number of aromatic amines is 1. The quantitative estimate of drug-likeness (QED) is 0.293. The van der Waals surface area contributed by atoms with E-state index in [1.807, 2.05) is 24.3 Å². The third kappa shape index (κ3) is 4.23. The van der Waals surface area contributed by atoms with Gasteiger partial charge in [0.05, 0.1) is 18.5 Å². The lowest BCUT2D eigenvalue weighted by atomic mass is 9.97. The SMILES string of the molecule is COC(=O)CCCc1c(-c2ccc(F)cc2)[nH]c2ccc(-c3ccc(N)c(N)c3)cc12. The van der Waals surface area contributed by atoms with Gasteiger partial charge in [0.1, 0.15) is 5.82 Å². The number of benzene rings is 3. The van der Waals surface area contributed by atoms with Crippen molar-refractivity contribution in [3.63, 3.8) is 0 Å². The molecule has 4 aromatic rings. The summed E-state index contributed by atoms with van der Waals surface area (Å²) in [5, 5.41) is 1.05. The molecule has 0 amide bonds. The number of aromatic nitrogens is 1. The Morgan fingerprint density at radius 2 is 1.61 bits per heavy atom. The second kappa shape index (κ2) is 8.52. The van der Waals surface area contributed by atoms with E-state index in [9.17, 15) is 9.18 Å². The van der Waals surface area contributed by atoms with Gasteiger partial charge in [0.2, 0.25) is 0 Å². The zero-order chi connectivity index (χ0) is 22.0. The molecule has 0 atom stereocenters. The van der Waals surface area contributed by atoms with Crippen molar-refractivity contribution in [3.05, 3.63) is 72.0 Å². The normalized spacial score (nSPS) is 11.0. The van der Waals surface area contributed by atoms with Crippen LogP contribution in [0.25, 0.3) is 33.3 Å². The Morgan fingerprint density at radius 3 is 2.32 bits per heavy atom. The number of esters is 1. The number of hydrogen-bond donors (Lipinski definition) is 3. The zero-order valence-electron chi connectivity index (χ0n) is 17.2. The van der Waals surface area contributed by atoms with E-state index >= 15 is 0 Å². The molecule has 0 aliphatic heterocycles. The molecule has 0 bridgehead atoms. The predicted molar refractivity (Wildman–Crippen MR) is 123 cm³/mol. The highest BCUT2D eigenvalue weighted by Gasteiger charge is 2.15. The van der Waals surface area contributed by atoms with Gasteiger partial charge in [-0.1, -0.05) is 12.1 Å². The molecule has 5 nitrogen and oxygen atoms in total. The van der Waals surface area contributed by atoms with Gasteiger partial charge < -0.3 is 21.2 Å². The Morgan fingerprint density at radius 1 is 0.935 bits per heavy atom. The Hall–Kier alpha value is -3.80. The number of halogens is 1. The third-order valence-electron chi connectivity index (χ3n) is 5.49. The molecular formula is C25H24FN3O2. The number of carbonyl (C=O) groups is 1. The molecule has 6 heteroatoms. The first-order chi connectivity index (χ1) is 15.0. The number of aryl methyl sites for hydroxylation is 1. The molecule has 1 heterocycles. The monoisotopic (exact) mass is 417 g/mol. The molecule has 0 aliphatic rings. The van der Waals surface area contributed by atoms with E-state index in [-0.39, 0.29) is 11.8 Å². The molecule has 0 fully saturated rings. The van der Waals surface area contributed by atoms with Gasteiger partial charge in [-0.25, -0.2) is 4.39 Å². The van der Waals surface area contributed by atoms with Gasteiger partial charge in [-0.3, -0.25) is 4.79 Å². The number of methoxy groups -OCH3 is 1. The number of nitrogen functional groups attached to an aromatic ring is 2. The van der Waals surface area contributed by atoms with Crippen molar-refractivity contribution < 1.29 is 13.9 Å². The first-order valence-electron chi connectivity index (χ1n) is 10.1. The number of carbonyl (C=O) groups excluding carboxylic acids is 1. The average Bonchev–Trinajstić information content (AvgIpc) is 3.13. The van der Waals surface area contributed by atoms with Crippen molar-refractivity contribution in [1.82, 2.24) is 4.98 Å². The van der Waals surface area contributed by atoms with E-state index in [1.54, 1.807) is 18.2 Å². The molecule has 0 saturated carbocycles. The summed E-state index contributed by atoms with van der Waals surface area (Å²) in [6, 6.07) is 18.2. The highest BCUT2D eigenvalue weighted by Crippen LogP contribution is 2.35. The highest BCUT2D eigenvalue weighted by atomic mass is 19.1. The lowest BCUT2D eigenvalue weighted by molar-refractivity contribution is -0.140. The summed E-state index contributed by atoms with van der Waals surface area (Å²) >= 11 is 0. The third-order valence-corrected chi connectivity index (χ3v) is 5.49. The average molecular weight is 417 g/mol. The molecular weight excluding hydrogens is 393 g/mol. The van der Waals surface area contributed by atoms with E-state index in [1.165, 1.54) is 19.2 Å². The summed E-state index contributed by atoms with van der Waals surface area (Å²) in [7, 11) is 1.39. The molecule has 0 aliphatic carbocycles. The number of hydrogen-bond acceptors (Lipinski definition) is 4. The van der Waals surface area contributed by atoms with E-state index in [0.29, 0.717) is 30.6 Å². The standard InChI is InChI=1S/C25H24FN3O2/c1-31-24(30)4-2-3-19-20-13-16(17-7-11-21(27)22(28)14-17)8-12-23(20)29-25(19)15-5-9-18(26)10-6-15/h5-14,29H,2-4,27-28H2,1H3. The van der Waals surface area contributed by atoms with Crippen molar-refractivity contribution in [2.24, 2.45) is 0 Å². The van der Waals surface area contributed by atoms with Gasteiger partial charge in [0.15, 0.2) is 0 Å². The largest absolute Gasteiger partial charge is 0.469 e. The maximum atomic E-state index is 13.5. The Balaban J connectivity index is 1.80. The summed E-state index contributed by atoms with van der Waals surface area (Å²) in [4.78, 5) is 15.1. The molecule has 158 valence electrons. The number of nitrogens with one attached hydrogen (secondary N) is 1. The Labute approximate surface area is 179 Å². The molecule has 1 aromatic heterocycles. The molecule has 31 heavy (non-hydrogen) atoms. The number of nitrogens with two attached hydrogens (primary N) is 2. The molecule has 5 N–H and O–H groups in total. The first-order valence-corrected chi connectivity index (χ1v) is 10.1. The predicted octanol–water partition coefficient (Wildman–Crippen LogP) is 5.30. The summed E-state index contributed by atoms with van der Waals surface area (Å²) in [6.07, 6.45) is 1.65. The van der Waals surface area contributed by atoms with Crippen molar-refractivity contribution in [1.29, 1.82) is 0 Å². The maximum Gasteiger partial charge on any atom is 0.305 e. The minimum atomic E-state index is -0.282. The molecule has 0 spiro atoms. The fourth-order valence-corrected chi connectivity index (χ4v) is 3.82. The Bertz CT molecular complexity index is 1250. The summed E-state index contributed by atoms with van der Waals surface area (Å²) in [5.74, 6) is -0.517. The van der Waals surface area contributed by atoms with E-state index < -0.39 is 0 Å². The van der Waals surface area contributed by atoms with Gasteiger partial charge >= 0.3 is 5.97 Å². The molecule has 0 unspecified atom stereocenters. The van der Waals surface area contributed by atoms with Crippen molar-refractivity contribution in [2.45, 2.75) is 19.3 Å². The minimum Gasteiger partial charge on any atom is -0.469 e. The van der Waals surface area contributed by atoms with Gasteiger partial charge in [0.25, 0.3) is 0 Å². The molecule has 0 radical (unpaired) electrons. The number of fused-ring (bicyclic) bond motifs is 1. The van der Waals surface area contributed by atoms with Crippen LogP contribution >= 0.6 is 0 Å². The lowest BCUT2D eigenvalue weighted by Gasteiger charge is -2.08. The topological polar surface area (TPSA) is 94.1 Å². The van der Waals surface area contributed by atoms with Crippen LogP contribution in [0.4, 0.5) is 15.8 Å². The fraction of sp³-hybridized carbons (Fsp3) is 0.160. The van der Waals surface area contributed by atoms with Crippen LogP contribution in [0.2, 0.25) is 0 Å². The van der Waals surface area contributed by atoms with Crippen LogP contribution in [-0.2, 0) is 16.0 Å². The van der Waals surface area contributed by atoms with Crippen LogP contribution in [0.15, 0.2) is 60.7 Å². The Kier molecular flexibility index (Phi) is 5.62. The zero-order valence-corrected chi connectivity index (χ0v) is 17.2. The molecule has 3 aromatic carbocycles. The van der Waals surface area contributed by atoms with E-state index in [0.717, 1.165) is 38.9 Å². The second-order valence-corrected chi connectivity index (χ2v) is 7.52. The summed E-state index contributed by atoms with van der Waals surface area (Å²) in [6.45, 7) is 0. The summed E-state index contributed by atoms with van der Waals surface area (Å²) < 4.78 is 18.2. The fourth-order valence-electron chi connectivity index (χ4n) is 3.82. The van der Waals surface area contributed by atoms with Gasteiger partial charge in [-0.05, 0) is 83.6 Å². The van der Waals surface area contributed by atoms with Crippen molar-refractivity contribution >= 4 is 28.2 Å². The van der Waals surface area contributed by atoms with Gasteiger partial charge in [-0.2, -0.15) is 0 Å². The van der Waals surface area contributed by atoms with E-state index in [2.05, 4.69) is 11.1 Å². The van der Waals surface area contributed by atoms with Crippen molar-refractivity contribution in [2.75, 3.05) is 18.6 Å². The van der Waals surface area contributed by atoms with Crippen LogP contribution < -0.4 is 11.5 Å². The van der Waals surface area contributed by atoms with Crippen LogP contribution in [0.5, 0.6) is 0 Å². The van der Waals surface area contributed by atoms with E-state index in [4.69, 9.17) is 16.2 Å². The lowest BCUT2D eigenvalue weighted by Crippen LogP contribution is -2.00. The van der Waals surface area contributed by atoms with Crippen molar-refractivity contribution in [3.8, 4) is 22.4 Å². The maximum absolute atomic E-state index is 13.5. The molecule has 4 rings (SSSR count). The van der Waals surface area contributed by atoms with Gasteiger partial charge in [-0.15, -0.1) is 0 Å².